The van der Waals surface area contributed by atoms with Crippen LogP contribution in [0.2, 0.25) is 0 Å². The van der Waals surface area contributed by atoms with Crippen LogP contribution in [0, 0.1) is 0 Å². The molecule has 2 atom stereocenters. The molecule has 0 aromatic heterocycles. The quantitative estimate of drug-likeness (QED) is 0.753. The Labute approximate surface area is 108 Å². The van der Waals surface area contributed by atoms with E-state index in [1.165, 1.54) is 4.90 Å². The molecule has 2 unspecified atom stereocenters. The summed E-state index contributed by atoms with van der Waals surface area (Å²) >= 11 is 0. The molecule has 0 spiro atoms. The molecule has 1 rings (SSSR count). The highest BCUT2D eigenvalue weighted by molar-refractivity contribution is 7.90. The number of nitrogens with zero attached hydrogens (tertiary/aromatic N) is 1. The molecule has 1 saturated heterocycles. The van der Waals surface area contributed by atoms with Gasteiger partial charge in [-0.15, -0.1) is 0 Å². The molecule has 6 nitrogen and oxygen atoms in total. The van der Waals surface area contributed by atoms with E-state index in [9.17, 15) is 18.0 Å². The van der Waals surface area contributed by atoms with Gasteiger partial charge in [-0.05, 0) is 13.3 Å². The number of hydrogen-bond acceptors (Lipinski definition) is 4. The average molecular weight is 276 g/mol. The van der Waals surface area contributed by atoms with Crippen molar-refractivity contribution in [3.05, 3.63) is 0 Å². The number of amides is 2. The van der Waals surface area contributed by atoms with Crippen molar-refractivity contribution in [2.75, 3.05) is 18.6 Å². The fourth-order valence-electron chi connectivity index (χ4n) is 1.98. The molecule has 0 bridgehead atoms. The first-order valence-electron chi connectivity index (χ1n) is 6.02. The van der Waals surface area contributed by atoms with Crippen LogP contribution in [0.25, 0.3) is 0 Å². The second-order valence-electron chi connectivity index (χ2n) is 4.74. The van der Waals surface area contributed by atoms with E-state index in [-0.39, 0.29) is 36.6 Å². The van der Waals surface area contributed by atoms with Crippen molar-refractivity contribution in [3.8, 4) is 0 Å². The number of sulfone groups is 1. The summed E-state index contributed by atoms with van der Waals surface area (Å²) in [4.78, 5) is 25.2. The number of rotatable bonds is 4. The van der Waals surface area contributed by atoms with Gasteiger partial charge in [-0.1, -0.05) is 6.92 Å². The largest absolute Gasteiger partial charge is 0.344 e. The highest BCUT2D eigenvalue weighted by Gasteiger charge is 2.32. The minimum Gasteiger partial charge on any atom is -0.344 e. The molecule has 0 aromatic rings. The lowest BCUT2D eigenvalue weighted by Gasteiger charge is -2.28. The lowest BCUT2D eigenvalue weighted by molar-refractivity contribution is -0.134. The SMILES string of the molecule is CCC1NC(=O)CC(C)N(CCS(C)(=O)=O)C1=O. The van der Waals surface area contributed by atoms with Crippen LogP contribution in [0.4, 0.5) is 0 Å². The van der Waals surface area contributed by atoms with Crippen LogP contribution in [0.3, 0.4) is 0 Å². The van der Waals surface area contributed by atoms with E-state index >= 15 is 0 Å². The molecule has 1 heterocycles. The van der Waals surface area contributed by atoms with Crippen LogP contribution < -0.4 is 5.32 Å². The van der Waals surface area contributed by atoms with Crippen molar-refractivity contribution in [1.82, 2.24) is 10.2 Å². The molecular weight excluding hydrogens is 256 g/mol. The summed E-state index contributed by atoms with van der Waals surface area (Å²) in [6.07, 6.45) is 1.86. The molecule has 0 aliphatic carbocycles. The first-order chi connectivity index (χ1) is 8.24. The third-order valence-corrected chi connectivity index (χ3v) is 3.96. The summed E-state index contributed by atoms with van der Waals surface area (Å²) in [5, 5.41) is 2.66. The second-order valence-corrected chi connectivity index (χ2v) is 7.00. The zero-order valence-electron chi connectivity index (χ0n) is 11.0. The Kier molecular flexibility index (Phi) is 4.72. The molecule has 1 aliphatic heterocycles. The summed E-state index contributed by atoms with van der Waals surface area (Å²) in [6.45, 7) is 3.72. The van der Waals surface area contributed by atoms with Gasteiger partial charge in [0.15, 0.2) is 0 Å². The highest BCUT2D eigenvalue weighted by Crippen LogP contribution is 2.13. The van der Waals surface area contributed by atoms with Gasteiger partial charge in [0, 0.05) is 25.3 Å². The maximum absolute atomic E-state index is 12.2. The standard InChI is InChI=1S/C11H20N2O4S/c1-4-9-11(15)13(5-6-18(3,16)17)8(2)7-10(14)12-9/h8-9H,4-7H2,1-3H3,(H,12,14). The Hall–Kier alpha value is -1.11. The van der Waals surface area contributed by atoms with E-state index in [4.69, 9.17) is 0 Å². The van der Waals surface area contributed by atoms with Crippen LogP contribution in [0.1, 0.15) is 26.7 Å². The van der Waals surface area contributed by atoms with Gasteiger partial charge in [-0.3, -0.25) is 9.59 Å². The Bertz CT molecular complexity index is 432. The number of hydrogen-bond donors (Lipinski definition) is 1. The first kappa shape index (κ1) is 14.9. The minimum atomic E-state index is -3.12. The molecule has 1 fully saturated rings. The molecule has 1 aliphatic rings. The van der Waals surface area contributed by atoms with Gasteiger partial charge < -0.3 is 10.2 Å². The van der Waals surface area contributed by atoms with Crippen molar-refractivity contribution in [2.45, 2.75) is 38.8 Å². The zero-order chi connectivity index (χ0) is 13.9. The molecule has 0 radical (unpaired) electrons. The molecule has 7 heteroatoms. The Morgan fingerprint density at radius 1 is 1.39 bits per heavy atom. The maximum Gasteiger partial charge on any atom is 0.245 e. The number of carbonyl (C=O) groups is 2. The summed E-state index contributed by atoms with van der Waals surface area (Å²) in [5.41, 5.74) is 0. The van der Waals surface area contributed by atoms with Gasteiger partial charge in [0.1, 0.15) is 15.9 Å². The Balaban J connectivity index is 2.84. The van der Waals surface area contributed by atoms with E-state index in [1.807, 2.05) is 6.92 Å². The van der Waals surface area contributed by atoms with E-state index in [0.717, 1.165) is 6.26 Å². The smallest absolute Gasteiger partial charge is 0.245 e. The molecular formula is C11H20N2O4S. The van der Waals surface area contributed by atoms with Gasteiger partial charge in [-0.2, -0.15) is 0 Å². The molecule has 0 aromatic carbocycles. The Morgan fingerprint density at radius 3 is 2.50 bits per heavy atom. The first-order valence-corrected chi connectivity index (χ1v) is 8.08. The highest BCUT2D eigenvalue weighted by atomic mass is 32.2. The number of carbonyl (C=O) groups excluding carboxylic acids is 2. The van der Waals surface area contributed by atoms with Crippen molar-refractivity contribution in [1.29, 1.82) is 0 Å². The zero-order valence-corrected chi connectivity index (χ0v) is 11.8. The fourth-order valence-corrected chi connectivity index (χ4v) is 2.51. The second kappa shape index (κ2) is 5.69. The minimum absolute atomic E-state index is 0.0757. The van der Waals surface area contributed by atoms with Crippen molar-refractivity contribution in [3.63, 3.8) is 0 Å². The molecule has 2 amide bonds. The van der Waals surface area contributed by atoms with E-state index in [1.54, 1.807) is 6.92 Å². The van der Waals surface area contributed by atoms with Crippen LogP contribution in [0.5, 0.6) is 0 Å². The summed E-state index contributed by atoms with van der Waals surface area (Å²) < 4.78 is 22.3. The lowest BCUT2D eigenvalue weighted by atomic mass is 10.2. The fraction of sp³-hybridized carbons (Fsp3) is 0.818. The van der Waals surface area contributed by atoms with E-state index in [2.05, 4.69) is 5.32 Å². The predicted octanol–water partition coefficient (Wildman–Crippen LogP) is -0.453. The van der Waals surface area contributed by atoms with Gasteiger partial charge >= 0.3 is 0 Å². The van der Waals surface area contributed by atoms with Crippen LogP contribution in [-0.4, -0.2) is 55.8 Å². The topological polar surface area (TPSA) is 83.6 Å². The Morgan fingerprint density at radius 2 is 2.00 bits per heavy atom. The number of nitrogens with one attached hydrogen (secondary N) is 1. The molecule has 104 valence electrons. The van der Waals surface area contributed by atoms with Crippen molar-refractivity contribution < 1.29 is 18.0 Å². The van der Waals surface area contributed by atoms with Gasteiger partial charge in [0.25, 0.3) is 0 Å². The van der Waals surface area contributed by atoms with Gasteiger partial charge in [-0.25, -0.2) is 8.42 Å². The lowest BCUT2D eigenvalue weighted by Crippen LogP contribution is -2.47. The summed E-state index contributed by atoms with van der Waals surface area (Å²) in [7, 11) is -3.12. The van der Waals surface area contributed by atoms with E-state index in [0.29, 0.717) is 6.42 Å². The van der Waals surface area contributed by atoms with Crippen LogP contribution in [-0.2, 0) is 19.4 Å². The maximum atomic E-state index is 12.2. The van der Waals surface area contributed by atoms with Gasteiger partial charge in [0.05, 0.1) is 5.75 Å². The van der Waals surface area contributed by atoms with Crippen LogP contribution in [0.15, 0.2) is 0 Å². The predicted molar refractivity (Wildman–Crippen MR) is 67.7 cm³/mol. The third kappa shape index (κ3) is 3.97. The summed E-state index contributed by atoms with van der Waals surface area (Å²) in [6, 6.07) is -0.808. The van der Waals surface area contributed by atoms with Gasteiger partial charge in [0.2, 0.25) is 11.8 Å². The monoisotopic (exact) mass is 276 g/mol. The summed E-state index contributed by atoms with van der Waals surface area (Å²) in [5.74, 6) is -0.433. The average Bonchev–Trinajstić information content (AvgIpc) is 2.32. The van der Waals surface area contributed by atoms with Crippen molar-refractivity contribution >= 4 is 21.7 Å². The normalized spacial score (nSPS) is 25.8. The van der Waals surface area contributed by atoms with Crippen molar-refractivity contribution in [2.24, 2.45) is 0 Å². The van der Waals surface area contributed by atoms with E-state index < -0.39 is 15.9 Å². The molecule has 18 heavy (non-hydrogen) atoms. The molecule has 1 N–H and O–H groups in total. The van der Waals surface area contributed by atoms with Crippen LogP contribution >= 0.6 is 0 Å². The molecule has 0 saturated carbocycles. The third-order valence-electron chi connectivity index (χ3n) is 3.04.